The molecule has 3 fully saturated rings. The van der Waals surface area contributed by atoms with Crippen LogP contribution in [0.2, 0.25) is 0 Å². The number of hydrogen-bond acceptors (Lipinski definition) is 8. The molecule has 5 heterocycles. The number of phenolic OH excluding ortho intramolecular Hbond substituents is 1. The Morgan fingerprint density at radius 1 is 1.15 bits per heavy atom. The topological polar surface area (TPSA) is 86.6 Å². The van der Waals surface area contributed by atoms with Crippen molar-refractivity contribution in [3.05, 3.63) is 47.7 Å². The number of fused-ring (bicyclic) bond motifs is 4. The zero-order valence-electron chi connectivity index (χ0n) is 22.7. The molecule has 4 aromatic rings. The molecule has 3 atom stereocenters. The summed E-state index contributed by atoms with van der Waals surface area (Å²) in [6.07, 6.45) is 11.5. The lowest BCUT2D eigenvalue weighted by molar-refractivity contribution is 0.188. The van der Waals surface area contributed by atoms with Crippen LogP contribution in [-0.4, -0.2) is 76.4 Å². The second kappa shape index (κ2) is 10.1. The average Bonchev–Trinajstić information content (AvgIpc) is 3.54. The summed E-state index contributed by atoms with van der Waals surface area (Å²) >= 11 is 0. The number of likely N-dealkylation sites (N-methyl/N-ethyl adjacent to an activating group) is 1. The minimum Gasteiger partial charge on any atom is -0.508 e. The molecular weight excluding hydrogens is 526 g/mol. The Balaban J connectivity index is 1.39. The van der Waals surface area contributed by atoms with Gasteiger partial charge in [-0.3, -0.25) is 4.98 Å². The number of phenols is 1. The first-order chi connectivity index (χ1) is 19.9. The minimum absolute atomic E-state index is 0.0248. The fraction of sp³-hybridized carbons (Fsp3) is 0.387. The summed E-state index contributed by atoms with van der Waals surface area (Å²) < 4.78 is 37.4. The van der Waals surface area contributed by atoms with E-state index >= 15 is 4.39 Å². The van der Waals surface area contributed by atoms with Crippen LogP contribution in [0.25, 0.3) is 32.9 Å². The van der Waals surface area contributed by atoms with Crippen molar-refractivity contribution in [2.75, 3.05) is 38.2 Å². The molecule has 0 aliphatic carbocycles. The van der Waals surface area contributed by atoms with Gasteiger partial charge >= 0.3 is 6.01 Å². The molecule has 8 nitrogen and oxygen atoms in total. The van der Waals surface area contributed by atoms with Crippen LogP contribution in [0.15, 0.2) is 30.5 Å². The standard InChI is InChI=1S/C31H30F2N6O2/c1-3-22-25(32)9-6-17-11-21(40)12-23(26(17)22)28-27(33)29-24(13-34-28)30(39-14-18-7-8-19(15-39)35-18)37-31(36-29)41-16-20-5-4-10-38(20)2/h1,6,9,11-13,18-20,35,40H,4-5,7-8,10,14-16H2,2H3/t18?,19?,20-/m0/s1. The maximum atomic E-state index is 16.6. The van der Waals surface area contributed by atoms with E-state index in [-0.39, 0.29) is 40.1 Å². The summed E-state index contributed by atoms with van der Waals surface area (Å²) in [6.45, 7) is 2.87. The molecule has 3 saturated heterocycles. The lowest BCUT2D eigenvalue weighted by atomic mass is 9.96. The Morgan fingerprint density at radius 2 is 1.95 bits per heavy atom. The van der Waals surface area contributed by atoms with E-state index in [1.54, 1.807) is 6.20 Å². The number of aromatic hydroxyl groups is 1. The highest BCUT2D eigenvalue weighted by Gasteiger charge is 2.34. The van der Waals surface area contributed by atoms with Crippen LogP contribution < -0.4 is 15.0 Å². The number of benzene rings is 2. The molecule has 10 heteroatoms. The number of nitrogens with one attached hydrogen (secondary N) is 1. The number of aromatic nitrogens is 3. The number of ether oxygens (including phenoxy) is 1. The van der Waals surface area contributed by atoms with Crippen LogP contribution in [0.5, 0.6) is 11.8 Å². The van der Waals surface area contributed by atoms with Crippen molar-refractivity contribution in [1.29, 1.82) is 0 Å². The third-order valence-corrected chi connectivity index (χ3v) is 8.69. The number of anilines is 1. The average molecular weight is 557 g/mol. The number of hydrogen-bond donors (Lipinski definition) is 2. The first-order valence-corrected chi connectivity index (χ1v) is 14.0. The zero-order valence-corrected chi connectivity index (χ0v) is 22.7. The predicted molar refractivity (Wildman–Crippen MR) is 153 cm³/mol. The maximum Gasteiger partial charge on any atom is 0.319 e. The molecule has 2 aromatic carbocycles. The summed E-state index contributed by atoms with van der Waals surface area (Å²) in [7, 11) is 2.06. The van der Waals surface area contributed by atoms with E-state index in [2.05, 4.69) is 38.1 Å². The van der Waals surface area contributed by atoms with E-state index in [1.165, 1.54) is 24.3 Å². The Labute approximate surface area is 236 Å². The number of piperazine rings is 1. The predicted octanol–water partition coefficient (Wildman–Crippen LogP) is 4.22. The highest BCUT2D eigenvalue weighted by molar-refractivity contribution is 6.03. The van der Waals surface area contributed by atoms with Gasteiger partial charge in [0.15, 0.2) is 5.82 Å². The summed E-state index contributed by atoms with van der Waals surface area (Å²) in [5, 5.41) is 15.3. The second-order valence-electron chi connectivity index (χ2n) is 11.3. The molecule has 2 unspecified atom stereocenters. The van der Waals surface area contributed by atoms with Gasteiger partial charge in [-0.2, -0.15) is 9.97 Å². The van der Waals surface area contributed by atoms with Gasteiger partial charge in [-0.1, -0.05) is 12.0 Å². The third-order valence-electron chi connectivity index (χ3n) is 8.69. The van der Waals surface area contributed by atoms with Crippen LogP contribution in [-0.2, 0) is 0 Å². The molecule has 3 aliphatic rings. The molecule has 0 amide bonds. The van der Waals surface area contributed by atoms with Crippen LogP contribution in [0.3, 0.4) is 0 Å². The molecule has 3 aliphatic heterocycles. The van der Waals surface area contributed by atoms with Crippen molar-refractivity contribution in [2.24, 2.45) is 0 Å². The highest BCUT2D eigenvalue weighted by atomic mass is 19.1. The number of pyridine rings is 1. The number of terminal acetylenes is 1. The summed E-state index contributed by atoms with van der Waals surface area (Å²) in [5.74, 6) is 1.51. The molecule has 0 saturated carbocycles. The van der Waals surface area contributed by atoms with Gasteiger partial charge in [0.1, 0.15) is 35.2 Å². The third kappa shape index (κ3) is 4.49. The zero-order chi connectivity index (χ0) is 28.2. The van der Waals surface area contributed by atoms with Gasteiger partial charge in [-0.15, -0.1) is 6.42 Å². The lowest BCUT2D eigenvalue weighted by Gasteiger charge is -2.34. The van der Waals surface area contributed by atoms with E-state index in [0.29, 0.717) is 40.7 Å². The summed E-state index contributed by atoms with van der Waals surface area (Å²) in [4.78, 5) is 18.2. The Kier molecular flexibility index (Phi) is 6.36. The van der Waals surface area contributed by atoms with E-state index in [9.17, 15) is 9.50 Å². The van der Waals surface area contributed by atoms with Gasteiger partial charge in [0.2, 0.25) is 0 Å². The number of halogens is 2. The Morgan fingerprint density at radius 3 is 2.68 bits per heavy atom. The van der Waals surface area contributed by atoms with E-state index < -0.39 is 11.6 Å². The van der Waals surface area contributed by atoms with E-state index in [0.717, 1.165) is 45.3 Å². The first kappa shape index (κ1) is 25.9. The first-order valence-electron chi connectivity index (χ1n) is 14.0. The van der Waals surface area contributed by atoms with Crippen LogP contribution in [0.1, 0.15) is 31.2 Å². The van der Waals surface area contributed by atoms with Crippen LogP contribution >= 0.6 is 0 Å². The number of likely N-dealkylation sites (tertiary alicyclic amines) is 1. The quantitative estimate of drug-likeness (QED) is 0.354. The van der Waals surface area contributed by atoms with Crippen molar-refractivity contribution < 1.29 is 18.6 Å². The van der Waals surface area contributed by atoms with Crippen LogP contribution in [0, 0.1) is 24.0 Å². The van der Waals surface area contributed by atoms with E-state index in [1.807, 2.05) is 0 Å². The molecule has 2 N–H and O–H groups in total. The molecule has 210 valence electrons. The molecule has 7 rings (SSSR count). The van der Waals surface area contributed by atoms with Crippen LogP contribution in [0.4, 0.5) is 14.6 Å². The van der Waals surface area contributed by atoms with Crippen molar-refractivity contribution >= 4 is 27.5 Å². The van der Waals surface area contributed by atoms with Gasteiger partial charge in [0.25, 0.3) is 0 Å². The van der Waals surface area contributed by atoms with E-state index in [4.69, 9.17) is 16.1 Å². The number of nitrogens with zero attached hydrogens (tertiary/aromatic N) is 5. The molecule has 2 aromatic heterocycles. The van der Waals surface area contributed by atoms with Crippen molar-refractivity contribution in [3.8, 4) is 35.4 Å². The summed E-state index contributed by atoms with van der Waals surface area (Å²) in [6, 6.07) is 6.56. The van der Waals surface area contributed by atoms with Gasteiger partial charge in [-0.25, -0.2) is 8.78 Å². The molecule has 0 radical (unpaired) electrons. The van der Waals surface area contributed by atoms with Crippen molar-refractivity contribution in [2.45, 2.75) is 43.8 Å². The van der Waals surface area contributed by atoms with Gasteiger partial charge in [-0.05, 0) is 62.9 Å². The van der Waals surface area contributed by atoms with Gasteiger partial charge in [0.05, 0.1) is 10.9 Å². The highest BCUT2D eigenvalue weighted by Crippen LogP contribution is 2.39. The normalized spacial score (nSPS) is 22.5. The fourth-order valence-electron chi connectivity index (χ4n) is 6.60. The van der Waals surface area contributed by atoms with Gasteiger partial charge in [0, 0.05) is 48.4 Å². The van der Waals surface area contributed by atoms with Gasteiger partial charge < -0.3 is 25.0 Å². The smallest absolute Gasteiger partial charge is 0.319 e. The molecule has 0 spiro atoms. The minimum atomic E-state index is -0.716. The fourth-order valence-corrected chi connectivity index (χ4v) is 6.60. The lowest BCUT2D eigenvalue weighted by Crippen LogP contribution is -2.51. The largest absolute Gasteiger partial charge is 0.508 e. The SMILES string of the molecule is C#Cc1c(F)ccc2cc(O)cc(-c3ncc4c(N5CC6CCC(C5)N6)nc(OC[C@@H]5CCCN5C)nc4c3F)c12. The molecule has 41 heavy (non-hydrogen) atoms. The number of rotatable bonds is 5. The second-order valence-corrected chi connectivity index (χ2v) is 11.3. The van der Waals surface area contributed by atoms with Crippen molar-refractivity contribution in [1.82, 2.24) is 25.2 Å². The Bertz CT molecular complexity index is 1710. The molecular formula is C31H30F2N6O2. The maximum absolute atomic E-state index is 16.6. The molecule has 2 bridgehead atoms. The Hall–Kier alpha value is -4.07. The summed E-state index contributed by atoms with van der Waals surface area (Å²) in [5.41, 5.74) is 0.119. The van der Waals surface area contributed by atoms with Crippen molar-refractivity contribution in [3.63, 3.8) is 0 Å². The monoisotopic (exact) mass is 556 g/mol.